The van der Waals surface area contributed by atoms with Crippen molar-refractivity contribution in [1.29, 1.82) is 0 Å². The van der Waals surface area contributed by atoms with E-state index >= 15 is 8.63 Å². The van der Waals surface area contributed by atoms with Crippen LogP contribution < -0.4 is 0 Å². The Kier molecular flexibility index (Phi) is 4.22. The zero-order chi connectivity index (χ0) is 20.7. The highest BCUT2D eigenvalue weighted by molar-refractivity contribution is 9.11. The van der Waals surface area contributed by atoms with Crippen LogP contribution in [0.15, 0.2) is 51.5 Å². The van der Waals surface area contributed by atoms with Crippen LogP contribution in [0.2, 0.25) is 0 Å². The topological polar surface area (TPSA) is 7.94 Å². The van der Waals surface area contributed by atoms with Gasteiger partial charge in [0, 0.05) is 38.9 Å². The number of rotatable bonds is 2. The Balaban J connectivity index is 1.82. The molecule has 0 amide bonds. The lowest BCUT2D eigenvalue weighted by Gasteiger charge is -2.33. The Hall–Kier alpha value is -1.77. The number of hydrogen-bond acceptors (Lipinski definition) is 2. The molecule has 0 spiro atoms. The molecule has 3 aromatic rings. The number of hydrogen-bond donors (Lipinski definition) is 0. The second-order valence-corrected chi connectivity index (χ2v) is 11.2. The van der Waals surface area contributed by atoms with Crippen molar-refractivity contribution < 1.29 is 13.1 Å². The van der Waals surface area contributed by atoms with E-state index in [1.165, 1.54) is 13.8 Å². The molecular formula is C21H18BBrF2N2S2. The number of nitrogens with zero attached hydrogens (tertiary/aromatic N) is 2. The highest BCUT2D eigenvalue weighted by Crippen LogP contribution is 2.47. The van der Waals surface area contributed by atoms with Gasteiger partial charge in [0.25, 0.3) is 0 Å². The summed E-state index contributed by atoms with van der Waals surface area (Å²) in [4.78, 5) is 3.33. The molecule has 0 aliphatic carbocycles. The summed E-state index contributed by atoms with van der Waals surface area (Å²) >= 11 is 6.86. The summed E-state index contributed by atoms with van der Waals surface area (Å²) in [5.41, 5.74) is 5.14. The van der Waals surface area contributed by atoms with Crippen LogP contribution in [0.4, 0.5) is 8.63 Å². The fourth-order valence-corrected chi connectivity index (χ4v) is 7.11. The van der Waals surface area contributed by atoms with E-state index in [0.717, 1.165) is 30.3 Å². The fraction of sp³-hybridized carbons (Fsp3) is 0.190. The first-order valence-corrected chi connectivity index (χ1v) is 11.8. The molecule has 0 unspecified atom stereocenters. The molecule has 0 fully saturated rings. The lowest BCUT2D eigenvalue weighted by Crippen LogP contribution is -2.51. The van der Waals surface area contributed by atoms with Crippen LogP contribution in [-0.2, 0) is 0 Å². The molecule has 5 heterocycles. The van der Waals surface area contributed by atoms with Gasteiger partial charge in [-0.05, 0) is 78.3 Å². The summed E-state index contributed by atoms with van der Waals surface area (Å²) in [6.07, 6.45) is 1.87. The lowest BCUT2D eigenvalue weighted by molar-refractivity contribution is -0.363. The van der Waals surface area contributed by atoms with Gasteiger partial charge >= 0.3 is 6.97 Å². The van der Waals surface area contributed by atoms with Crippen molar-refractivity contribution in [3.63, 3.8) is 0 Å². The standard InChI is InChI=1S/C21H18BBrF2N2S2/c1-11-9-13(3)26-20(11)19(21-12(2)10-14(4)27(21)22(26,24)25)17-6-5-15(28-17)16-7-8-18(23)29-16/h5-10H,1-4H3. The quantitative estimate of drug-likeness (QED) is 0.339. The maximum Gasteiger partial charge on any atom is 0.737 e. The van der Waals surface area contributed by atoms with Crippen molar-refractivity contribution in [1.82, 2.24) is 4.48 Å². The van der Waals surface area contributed by atoms with Crippen LogP contribution in [0.1, 0.15) is 35.7 Å². The molecule has 0 atom stereocenters. The summed E-state index contributed by atoms with van der Waals surface area (Å²) in [6.45, 7) is 3.46. The lowest BCUT2D eigenvalue weighted by atomic mass is 9.85. The summed E-state index contributed by atoms with van der Waals surface area (Å²) in [5, 5.41) is 0. The number of aromatic nitrogens is 1. The molecule has 5 rings (SSSR count). The van der Waals surface area contributed by atoms with Gasteiger partial charge in [0.15, 0.2) is 5.70 Å². The largest absolute Gasteiger partial charge is 0.737 e. The van der Waals surface area contributed by atoms with E-state index in [2.05, 4.69) is 34.1 Å². The average molecular weight is 491 g/mol. The van der Waals surface area contributed by atoms with Crippen LogP contribution in [-0.4, -0.2) is 21.6 Å². The molecule has 2 nitrogen and oxygen atoms in total. The predicted octanol–water partition coefficient (Wildman–Crippen LogP) is 7.09. The molecule has 8 heteroatoms. The fourth-order valence-electron chi connectivity index (χ4n) is 4.58. The van der Waals surface area contributed by atoms with Crippen molar-refractivity contribution in [3.8, 4) is 9.75 Å². The van der Waals surface area contributed by atoms with Crippen molar-refractivity contribution in [2.75, 3.05) is 0 Å². The Bertz CT molecular complexity index is 1290. The monoisotopic (exact) mass is 490 g/mol. The third-order valence-electron chi connectivity index (χ3n) is 5.60. The zero-order valence-corrected chi connectivity index (χ0v) is 19.6. The van der Waals surface area contributed by atoms with E-state index in [9.17, 15) is 0 Å². The maximum atomic E-state index is 15.7. The van der Waals surface area contributed by atoms with Gasteiger partial charge < -0.3 is 17.6 Å². The van der Waals surface area contributed by atoms with Crippen molar-refractivity contribution in [2.24, 2.45) is 0 Å². The summed E-state index contributed by atoms with van der Waals surface area (Å²) < 4.78 is 34.9. The predicted molar refractivity (Wildman–Crippen MR) is 123 cm³/mol. The third kappa shape index (κ3) is 2.65. The molecular weight excluding hydrogens is 473 g/mol. The molecule has 2 aliphatic rings. The number of halogens is 3. The van der Waals surface area contributed by atoms with Crippen LogP contribution in [0.5, 0.6) is 0 Å². The summed E-state index contributed by atoms with van der Waals surface area (Å²) in [7, 11) is 0. The van der Waals surface area contributed by atoms with Gasteiger partial charge in [-0.25, -0.2) is 0 Å². The van der Waals surface area contributed by atoms with Gasteiger partial charge in [-0.3, -0.25) is 0 Å². The first kappa shape index (κ1) is 19.2. The Labute approximate surface area is 184 Å². The smallest absolute Gasteiger partial charge is 0.393 e. The normalized spacial score (nSPS) is 17.7. The number of thiophene rings is 2. The molecule has 0 saturated heterocycles. The van der Waals surface area contributed by atoms with E-state index in [1.807, 2.05) is 32.1 Å². The minimum Gasteiger partial charge on any atom is -0.393 e. The van der Waals surface area contributed by atoms with E-state index in [1.54, 1.807) is 36.5 Å². The SMILES string of the molecule is CC1=CC(C)=[N+]2C1=C(c1ccc(-c3ccc(Br)s3)s1)c1c(C)cc(C)n1[B-]2(F)F. The Morgan fingerprint density at radius 1 is 0.966 bits per heavy atom. The molecule has 0 aromatic carbocycles. The first-order valence-electron chi connectivity index (χ1n) is 9.33. The third-order valence-corrected chi connectivity index (χ3v) is 8.53. The van der Waals surface area contributed by atoms with Gasteiger partial charge in [-0.1, -0.05) is 0 Å². The minimum atomic E-state index is -3.93. The maximum absolute atomic E-state index is 15.7. The molecule has 2 aliphatic heterocycles. The van der Waals surface area contributed by atoms with Crippen LogP contribution in [0.3, 0.4) is 0 Å². The van der Waals surface area contributed by atoms with Crippen LogP contribution >= 0.6 is 38.6 Å². The molecule has 148 valence electrons. The van der Waals surface area contributed by atoms with E-state index in [-0.39, 0.29) is 0 Å². The second kappa shape index (κ2) is 6.36. The molecule has 29 heavy (non-hydrogen) atoms. The highest BCUT2D eigenvalue weighted by Gasteiger charge is 2.55. The van der Waals surface area contributed by atoms with Crippen molar-refractivity contribution in [3.05, 3.63) is 73.3 Å². The highest BCUT2D eigenvalue weighted by atomic mass is 79.9. The average Bonchev–Trinajstić information content (AvgIpc) is 3.37. The molecule has 0 bridgehead atoms. The van der Waals surface area contributed by atoms with Crippen LogP contribution in [0, 0.1) is 13.8 Å². The Morgan fingerprint density at radius 2 is 1.62 bits per heavy atom. The van der Waals surface area contributed by atoms with E-state index < -0.39 is 6.97 Å². The van der Waals surface area contributed by atoms with E-state index in [0.29, 0.717) is 22.8 Å². The number of aryl methyl sites for hydroxylation is 2. The molecule has 3 aromatic heterocycles. The molecule has 0 saturated carbocycles. The van der Waals surface area contributed by atoms with Gasteiger partial charge in [0.05, 0.1) is 9.36 Å². The van der Waals surface area contributed by atoms with Gasteiger partial charge in [0.1, 0.15) is 5.71 Å². The van der Waals surface area contributed by atoms with Crippen molar-refractivity contribution >= 4 is 56.9 Å². The van der Waals surface area contributed by atoms with Gasteiger partial charge in [0.2, 0.25) is 0 Å². The van der Waals surface area contributed by atoms with Crippen LogP contribution in [0.25, 0.3) is 15.3 Å². The van der Waals surface area contributed by atoms with Gasteiger partial charge in [-0.15, -0.1) is 22.7 Å². The van der Waals surface area contributed by atoms with Gasteiger partial charge in [-0.2, -0.15) is 0 Å². The van der Waals surface area contributed by atoms with E-state index in [4.69, 9.17) is 0 Å². The summed E-state index contributed by atoms with van der Waals surface area (Å²) in [5.74, 6) is 0. The zero-order valence-electron chi connectivity index (χ0n) is 16.4. The molecule has 0 N–H and O–H groups in total. The van der Waals surface area contributed by atoms with Crippen molar-refractivity contribution in [2.45, 2.75) is 27.7 Å². The minimum absolute atomic E-state index is 0.593. The summed E-state index contributed by atoms with van der Waals surface area (Å²) in [6, 6.07) is 10.1. The number of fused-ring (bicyclic) bond motifs is 2. The number of allylic oxidation sites excluding steroid dienone is 2. The molecule has 0 radical (unpaired) electrons. The Morgan fingerprint density at radius 3 is 2.31 bits per heavy atom. The second-order valence-electron chi connectivity index (χ2n) is 7.61. The first-order chi connectivity index (χ1) is 13.7.